The van der Waals surface area contributed by atoms with Crippen molar-refractivity contribution >= 4 is 22.7 Å². The number of piperazine rings is 1. The van der Waals surface area contributed by atoms with Gasteiger partial charge in [-0.05, 0) is 24.3 Å². The Morgan fingerprint density at radius 3 is 2.72 bits per heavy atom. The van der Waals surface area contributed by atoms with Crippen LogP contribution in [0.15, 0.2) is 54.9 Å². The van der Waals surface area contributed by atoms with Gasteiger partial charge in [-0.25, -0.2) is 4.98 Å². The maximum absolute atomic E-state index is 13.0. The lowest BCUT2D eigenvalue weighted by Gasteiger charge is -2.27. The molecule has 3 aromatic rings. The summed E-state index contributed by atoms with van der Waals surface area (Å²) in [5.41, 5.74) is 2.92. The molecule has 0 spiro atoms. The third-order valence-electron chi connectivity index (χ3n) is 4.25. The summed E-state index contributed by atoms with van der Waals surface area (Å²) in [6.07, 6.45) is 3.39. The number of amides is 2. The van der Waals surface area contributed by atoms with Crippen molar-refractivity contribution in [1.82, 2.24) is 20.2 Å². The van der Waals surface area contributed by atoms with Gasteiger partial charge in [-0.1, -0.05) is 18.2 Å². The number of aromatic nitrogens is 2. The van der Waals surface area contributed by atoms with E-state index in [4.69, 9.17) is 0 Å². The Bertz CT molecular complexity index is 956. The van der Waals surface area contributed by atoms with Crippen molar-refractivity contribution < 1.29 is 9.59 Å². The molecule has 0 saturated carbocycles. The molecule has 1 aromatic carbocycles. The van der Waals surface area contributed by atoms with Crippen molar-refractivity contribution in [3.05, 3.63) is 60.4 Å². The Morgan fingerprint density at radius 2 is 1.92 bits per heavy atom. The predicted molar refractivity (Wildman–Crippen MR) is 93.9 cm³/mol. The lowest BCUT2D eigenvalue weighted by atomic mass is 10.0. The van der Waals surface area contributed by atoms with Gasteiger partial charge < -0.3 is 10.2 Å². The van der Waals surface area contributed by atoms with Crippen molar-refractivity contribution in [2.75, 3.05) is 19.6 Å². The van der Waals surface area contributed by atoms with E-state index in [0.29, 0.717) is 24.3 Å². The number of hydrogen-bond donors (Lipinski definition) is 1. The standard InChI is InChI=1S/C19H16N4O2/c24-18-12-23(10-9-21-18)19(25)15-11-17(13-5-7-20-8-6-13)22-16-4-2-1-3-14(15)16/h1-8,11H,9-10,12H2,(H,21,24). The number of pyridine rings is 2. The summed E-state index contributed by atoms with van der Waals surface area (Å²) < 4.78 is 0. The van der Waals surface area contributed by atoms with E-state index in [2.05, 4.69) is 15.3 Å². The van der Waals surface area contributed by atoms with Gasteiger partial charge in [0.1, 0.15) is 0 Å². The monoisotopic (exact) mass is 332 g/mol. The number of rotatable bonds is 2. The molecule has 1 N–H and O–H groups in total. The molecule has 0 aliphatic carbocycles. The van der Waals surface area contributed by atoms with Crippen LogP contribution in [-0.2, 0) is 4.79 Å². The molecule has 124 valence electrons. The maximum atomic E-state index is 13.0. The minimum Gasteiger partial charge on any atom is -0.353 e. The largest absolute Gasteiger partial charge is 0.353 e. The average Bonchev–Trinajstić information content (AvgIpc) is 2.67. The fraction of sp³-hybridized carbons (Fsp3) is 0.158. The quantitative estimate of drug-likeness (QED) is 0.777. The second kappa shape index (κ2) is 6.32. The number of carbonyl (C=O) groups excluding carboxylic acids is 2. The molecule has 2 amide bonds. The van der Waals surface area contributed by atoms with Crippen molar-refractivity contribution in [2.24, 2.45) is 0 Å². The van der Waals surface area contributed by atoms with Crippen molar-refractivity contribution in [3.8, 4) is 11.3 Å². The maximum Gasteiger partial charge on any atom is 0.255 e. The fourth-order valence-corrected chi connectivity index (χ4v) is 3.01. The molecule has 1 fully saturated rings. The first kappa shape index (κ1) is 15.3. The van der Waals surface area contributed by atoms with Crippen LogP contribution in [0.4, 0.5) is 0 Å². The Balaban J connectivity index is 1.84. The molecule has 3 heterocycles. The highest BCUT2D eigenvalue weighted by molar-refractivity contribution is 6.08. The van der Waals surface area contributed by atoms with Crippen LogP contribution in [0.1, 0.15) is 10.4 Å². The molecule has 6 nitrogen and oxygen atoms in total. The minimum absolute atomic E-state index is 0.0834. The highest BCUT2D eigenvalue weighted by Gasteiger charge is 2.24. The van der Waals surface area contributed by atoms with Gasteiger partial charge in [0.2, 0.25) is 5.91 Å². The van der Waals surface area contributed by atoms with Crippen LogP contribution in [0.3, 0.4) is 0 Å². The molecule has 0 unspecified atom stereocenters. The Morgan fingerprint density at radius 1 is 1.12 bits per heavy atom. The first-order valence-electron chi connectivity index (χ1n) is 8.08. The summed E-state index contributed by atoms with van der Waals surface area (Å²) in [4.78, 5) is 35.0. The summed E-state index contributed by atoms with van der Waals surface area (Å²) >= 11 is 0. The zero-order valence-electron chi connectivity index (χ0n) is 13.5. The summed E-state index contributed by atoms with van der Waals surface area (Å²) in [6.45, 7) is 1.07. The van der Waals surface area contributed by atoms with E-state index < -0.39 is 0 Å². The molecule has 4 rings (SSSR count). The SMILES string of the molecule is O=C1CN(C(=O)c2cc(-c3ccncc3)nc3ccccc23)CCN1. The number of benzene rings is 1. The third-order valence-corrected chi connectivity index (χ3v) is 4.25. The number of nitrogens with one attached hydrogen (secondary N) is 1. The Hall–Kier alpha value is -3.28. The van der Waals surface area contributed by atoms with Crippen molar-refractivity contribution in [1.29, 1.82) is 0 Å². The molecular formula is C19H16N4O2. The molecule has 2 aromatic heterocycles. The fourth-order valence-electron chi connectivity index (χ4n) is 3.01. The van der Waals surface area contributed by atoms with Crippen molar-refractivity contribution in [2.45, 2.75) is 0 Å². The van der Waals surface area contributed by atoms with Crippen LogP contribution < -0.4 is 5.32 Å². The summed E-state index contributed by atoms with van der Waals surface area (Å²) in [5, 5.41) is 3.53. The van der Waals surface area contributed by atoms with Crippen LogP contribution in [0.25, 0.3) is 22.2 Å². The molecule has 1 saturated heterocycles. The summed E-state index contributed by atoms with van der Waals surface area (Å²) in [7, 11) is 0. The van der Waals surface area contributed by atoms with Gasteiger partial charge in [-0.2, -0.15) is 0 Å². The van der Waals surface area contributed by atoms with Gasteiger partial charge >= 0.3 is 0 Å². The van der Waals surface area contributed by atoms with Crippen LogP contribution in [-0.4, -0.2) is 46.3 Å². The smallest absolute Gasteiger partial charge is 0.255 e. The normalized spacial score (nSPS) is 14.4. The lowest BCUT2D eigenvalue weighted by molar-refractivity contribution is -0.123. The first-order chi connectivity index (χ1) is 12.2. The van der Waals surface area contributed by atoms with Crippen LogP contribution in [0, 0.1) is 0 Å². The Labute approximate surface area is 144 Å². The molecule has 6 heteroatoms. The zero-order chi connectivity index (χ0) is 17.2. The van der Waals surface area contributed by atoms with Gasteiger partial charge in [0.05, 0.1) is 23.3 Å². The highest BCUT2D eigenvalue weighted by Crippen LogP contribution is 2.25. The molecule has 0 radical (unpaired) electrons. The highest BCUT2D eigenvalue weighted by atomic mass is 16.2. The number of hydrogen-bond acceptors (Lipinski definition) is 4. The molecular weight excluding hydrogens is 316 g/mol. The van der Waals surface area contributed by atoms with E-state index in [9.17, 15) is 9.59 Å². The second-order valence-electron chi connectivity index (χ2n) is 5.88. The van der Waals surface area contributed by atoms with Gasteiger partial charge in [-0.15, -0.1) is 0 Å². The van der Waals surface area contributed by atoms with Gasteiger partial charge in [0.15, 0.2) is 0 Å². The second-order valence-corrected chi connectivity index (χ2v) is 5.88. The number of fused-ring (bicyclic) bond motifs is 1. The van der Waals surface area contributed by atoms with E-state index in [1.165, 1.54) is 0 Å². The lowest BCUT2D eigenvalue weighted by Crippen LogP contribution is -2.50. The third kappa shape index (κ3) is 2.94. The van der Waals surface area contributed by atoms with E-state index >= 15 is 0 Å². The average molecular weight is 332 g/mol. The number of carbonyl (C=O) groups is 2. The van der Waals surface area contributed by atoms with E-state index in [1.807, 2.05) is 36.4 Å². The molecule has 0 bridgehead atoms. The molecule has 25 heavy (non-hydrogen) atoms. The van der Waals surface area contributed by atoms with Crippen LogP contribution in [0.2, 0.25) is 0 Å². The van der Waals surface area contributed by atoms with Gasteiger partial charge in [0.25, 0.3) is 5.91 Å². The first-order valence-corrected chi connectivity index (χ1v) is 8.08. The van der Waals surface area contributed by atoms with E-state index in [1.54, 1.807) is 23.4 Å². The van der Waals surface area contributed by atoms with Gasteiger partial charge in [0, 0.05) is 36.4 Å². The number of nitrogens with zero attached hydrogens (tertiary/aromatic N) is 3. The summed E-state index contributed by atoms with van der Waals surface area (Å²) in [6, 6.07) is 13.1. The topological polar surface area (TPSA) is 75.2 Å². The zero-order valence-corrected chi connectivity index (χ0v) is 13.5. The van der Waals surface area contributed by atoms with Crippen LogP contribution in [0.5, 0.6) is 0 Å². The molecule has 1 aliphatic heterocycles. The number of para-hydroxylation sites is 1. The predicted octanol–water partition coefficient (Wildman–Crippen LogP) is 1.87. The molecule has 1 aliphatic rings. The van der Waals surface area contributed by atoms with E-state index in [-0.39, 0.29) is 18.4 Å². The summed E-state index contributed by atoms with van der Waals surface area (Å²) in [5.74, 6) is -0.281. The Kier molecular flexibility index (Phi) is 3.85. The van der Waals surface area contributed by atoms with Gasteiger partial charge in [-0.3, -0.25) is 14.6 Å². The van der Waals surface area contributed by atoms with Crippen LogP contribution >= 0.6 is 0 Å². The van der Waals surface area contributed by atoms with E-state index in [0.717, 1.165) is 16.5 Å². The molecule has 0 atom stereocenters. The van der Waals surface area contributed by atoms with Crippen molar-refractivity contribution in [3.63, 3.8) is 0 Å². The minimum atomic E-state index is -0.149.